The topological polar surface area (TPSA) is 33.1 Å². The minimum atomic E-state index is -0.974. The Morgan fingerprint density at radius 2 is 1.81 bits per heavy atom. The van der Waals surface area contributed by atoms with Gasteiger partial charge in [-0.15, -0.1) is 0 Å². The van der Waals surface area contributed by atoms with Crippen LogP contribution in [-0.4, -0.2) is 10.1 Å². The van der Waals surface area contributed by atoms with E-state index >= 15 is 0 Å². The lowest BCUT2D eigenvalue weighted by atomic mass is 9.81. The maximum atomic E-state index is 11.4. The molecule has 1 aromatic heterocycles. The summed E-state index contributed by atoms with van der Waals surface area (Å²) in [6, 6.07) is 17.9. The second kappa shape index (κ2) is 5.66. The Morgan fingerprint density at radius 3 is 2.57 bits per heavy atom. The van der Waals surface area contributed by atoms with E-state index in [4.69, 9.17) is 0 Å². The van der Waals surface area contributed by atoms with E-state index in [0.717, 1.165) is 28.3 Å². The number of fused-ring (bicyclic) bond motifs is 1. The highest BCUT2D eigenvalue weighted by Crippen LogP contribution is 2.37. The zero-order valence-corrected chi connectivity index (χ0v) is 12.2. The van der Waals surface area contributed by atoms with Gasteiger partial charge < -0.3 is 5.11 Å². The largest absolute Gasteiger partial charge is 0.380 e. The Kier molecular flexibility index (Phi) is 3.72. The smallest absolute Gasteiger partial charge is 0.115 e. The minimum Gasteiger partial charge on any atom is -0.380 e. The molecule has 3 rings (SSSR count). The zero-order valence-electron chi connectivity index (χ0n) is 12.2. The number of hydrogen-bond acceptors (Lipinski definition) is 2. The van der Waals surface area contributed by atoms with Crippen LogP contribution in [0, 0.1) is 0 Å². The average molecular weight is 277 g/mol. The van der Waals surface area contributed by atoms with Crippen LogP contribution in [0.2, 0.25) is 0 Å². The summed E-state index contributed by atoms with van der Waals surface area (Å²) < 4.78 is 0. The Morgan fingerprint density at radius 1 is 1.00 bits per heavy atom. The Balaban J connectivity index is 2.25. The van der Waals surface area contributed by atoms with Gasteiger partial charge in [0.2, 0.25) is 0 Å². The molecule has 0 spiro atoms. The highest BCUT2D eigenvalue weighted by molar-refractivity contribution is 5.86. The molecule has 0 bridgehead atoms. The van der Waals surface area contributed by atoms with E-state index in [1.54, 1.807) is 6.20 Å². The molecule has 0 aliphatic rings. The van der Waals surface area contributed by atoms with Crippen LogP contribution in [0.5, 0.6) is 0 Å². The zero-order chi connectivity index (χ0) is 14.7. The molecule has 0 saturated carbocycles. The summed E-state index contributed by atoms with van der Waals surface area (Å²) in [5.41, 5.74) is 0.891. The van der Waals surface area contributed by atoms with Crippen molar-refractivity contribution in [1.82, 2.24) is 4.98 Å². The highest BCUT2D eigenvalue weighted by atomic mass is 16.3. The van der Waals surface area contributed by atoms with Crippen LogP contribution in [0.3, 0.4) is 0 Å². The molecule has 1 atom stereocenters. The second-order valence-electron chi connectivity index (χ2n) is 5.38. The van der Waals surface area contributed by atoms with Crippen molar-refractivity contribution < 1.29 is 5.11 Å². The molecule has 0 fully saturated rings. The van der Waals surface area contributed by atoms with Gasteiger partial charge in [-0.1, -0.05) is 61.9 Å². The number of hydrogen-bond donors (Lipinski definition) is 1. The first-order chi connectivity index (χ1) is 10.3. The first-order valence-corrected chi connectivity index (χ1v) is 7.37. The predicted molar refractivity (Wildman–Crippen MR) is 86.1 cm³/mol. The molecular weight excluding hydrogens is 258 g/mol. The molecule has 0 aliphatic carbocycles. The quantitative estimate of drug-likeness (QED) is 0.772. The molecular formula is C19H19NO. The van der Waals surface area contributed by atoms with Crippen LogP contribution in [0.15, 0.2) is 67.0 Å². The molecule has 1 unspecified atom stereocenters. The van der Waals surface area contributed by atoms with E-state index in [0.29, 0.717) is 6.42 Å². The van der Waals surface area contributed by atoms with Crippen molar-refractivity contribution in [2.24, 2.45) is 0 Å². The fourth-order valence-electron chi connectivity index (χ4n) is 2.98. The first kappa shape index (κ1) is 13.8. The van der Waals surface area contributed by atoms with Crippen LogP contribution < -0.4 is 0 Å². The van der Waals surface area contributed by atoms with Gasteiger partial charge in [-0.25, -0.2) is 0 Å². The molecule has 0 aliphatic heterocycles. The molecule has 3 aromatic rings. The maximum absolute atomic E-state index is 11.4. The van der Waals surface area contributed by atoms with Crippen LogP contribution >= 0.6 is 0 Å². The second-order valence-corrected chi connectivity index (χ2v) is 5.38. The third-order valence-corrected chi connectivity index (χ3v) is 3.99. The van der Waals surface area contributed by atoms with Gasteiger partial charge in [-0.3, -0.25) is 4.98 Å². The normalized spacial score (nSPS) is 14.0. The summed E-state index contributed by atoms with van der Waals surface area (Å²) in [6.45, 7) is 2.09. The number of nitrogens with zero attached hydrogens (tertiary/aromatic N) is 1. The number of benzene rings is 2. The molecule has 0 amide bonds. The summed E-state index contributed by atoms with van der Waals surface area (Å²) in [7, 11) is 0. The fourth-order valence-corrected chi connectivity index (χ4v) is 2.98. The maximum Gasteiger partial charge on any atom is 0.115 e. The lowest BCUT2D eigenvalue weighted by Gasteiger charge is -2.30. The van der Waals surface area contributed by atoms with Crippen LogP contribution in [-0.2, 0) is 5.60 Å². The first-order valence-electron chi connectivity index (χ1n) is 7.37. The summed E-state index contributed by atoms with van der Waals surface area (Å²) in [6.07, 6.45) is 5.22. The molecule has 1 heterocycles. The van der Waals surface area contributed by atoms with Gasteiger partial charge in [0.1, 0.15) is 5.60 Å². The molecule has 0 radical (unpaired) electrons. The molecule has 2 heteroatoms. The minimum absolute atomic E-state index is 0.686. The van der Waals surface area contributed by atoms with E-state index in [9.17, 15) is 5.11 Å². The molecule has 106 valence electrons. The Bertz CT molecular complexity index is 733. The summed E-state index contributed by atoms with van der Waals surface area (Å²) >= 11 is 0. The van der Waals surface area contributed by atoms with E-state index in [1.165, 1.54) is 0 Å². The van der Waals surface area contributed by atoms with Gasteiger partial charge in [-0.2, -0.15) is 0 Å². The lowest BCUT2D eigenvalue weighted by molar-refractivity contribution is 0.0717. The highest BCUT2D eigenvalue weighted by Gasteiger charge is 2.31. The standard InChI is InChI=1S/C19H19NO/c1-2-12-19(21,16-8-4-3-5-9-16)18-10-6-7-15-11-13-20-14-17(15)18/h3-11,13-14,21H,2,12H2,1H3. The van der Waals surface area contributed by atoms with Crippen molar-refractivity contribution in [3.8, 4) is 0 Å². The molecule has 0 saturated heterocycles. The third-order valence-electron chi connectivity index (χ3n) is 3.99. The third kappa shape index (κ3) is 2.43. The number of rotatable bonds is 4. The van der Waals surface area contributed by atoms with E-state index < -0.39 is 5.60 Å². The van der Waals surface area contributed by atoms with Gasteiger partial charge in [0.15, 0.2) is 0 Å². The number of aromatic nitrogens is 1. The van der Waals surface area contributed by atoms with Crippen molar-refractivity contribution in [2.45, 2.75) is 25.4 Å². The van der Waals surface area contributed by atoms with Gasteiger partial charge >= 0.3 is 0 Å². The lowest BCUT2D eigenvalue weighted by Crippen LogP contribution is -2.27. The van der Waals surface area contributed by atoms with Crippen molar-refractivity contribution in [1.29, 1.82) is 0 Å². The van der Waals surface area contributed by atoms with Gasteiger partial charge in [-0.05, 0) is 29.0 Å². The van der Waals surface area contributed by atoms with Crippen molar-refractivity contribution >= 4 is 10.8 Å². The molecule has 21 heavy (non-hydrogen) atoms. The Labute approximate surface area is 125 Å². The molecule has 1 N–H and O–H groups in total. The van der Waals surface area contributed by atoms with E-state index in [-0.39, 0.29) is 0 Å². The average Bonchev–Trinajstić information content (AvgIpc) is 2.55. The van der Waals surface area contributed by atoms with Crippen molar-refractivity contribution in [3.05, 3.63) is 78.1 Å². The van der Waals surface area contributed by atoms with Crippen LogP contribution in [0.4, 0.5) is 0 Å². The van der Waals surface area contributed by atoms with Crippen molar-refractivity contribution in [3.63, 3.8) is 0 Å². The fraction of sp³-hybridized carbons (Fsp3) is 0.211. The van der Waals surface area contributed by atoms with Gasteiger partial charge in [0, 0.05) is 17.8 Å². The summed E-state index contributed by atoms with van der Waals surface area (Å²) in [5, 5.41) is 13.5. The SMILES string of the molecule is CCCC(O)(c1ccccc1)c1cccc2ccncc12. The van der Waals surface area contributed by atoms with Crippen LogP contribution in [0.25, 0.3) is 10.8 Å². The van der Waals surface area contributed by atoms with Crippen molar-refractivity contribution in [2.75, 3.05) is 0 Å². The number of pyridine rings is 1. The molecule has 2 nitrogen and oxygen atoms in total. The van der Waals surface area contributed by atoms with Gasteiger partial charge in [0.05, 0.1) is 0 Å². The monoisotopic (exact) mass is 277 g/mol. The van der Waals surface area contributed by atoms with Crippen LogP contribution in [0.1, 0.15) is 30.9 Å². The number of aliphatic hydroxyl groups is 1. The summed E-state index contributed by atoms with van der Waals surface area (Å²) in [5.74, 6) is 0. The Hall–Kier alpha value is -2.19. The van der Waals surface area contributed by atoms with E-state index in [1.807, 2.05) is 54.7 Å². The predicted octanol–water partition coefficient (Wildman–Crippen LogP) is 4.27. The van der Waals surface area contributed by atoms with Gasteiger partial charge in [0.25, 0.3) is 0 Å². The molecule has 2 aromatic carbocycles. The van der Waals surface area contributed by atoms with E-state index in [2.05, 4.69) is 18.0 Å². The summed E-state index contributed by atoms with van der Waals surface area (Å²) in [4.78, 5) is 4.23.